The number of hydrogen-bond acceptors (Lipinski definition) is 6. The van der Waals surface area contributed by atoms with Gasteiger partial charge < -0.3 is 10.3 Å². The quantitative estimate of drug-likeness (QED) is 0.294. The molecule has 1 fully saturated rings. The van der Waals surface area contributed by atoms with Crippen molar-refractivity contribution in [2.75, 3.05) is 11.1 Å². The molecule has 38 heavy (non-hydrogen) atoms. The van der Waals surface area contributed by atoms with Crippen LogP contribution < -0.4 is 21.3 Å². The van der Waals surface area contributed by atoms with E-state index in [2.05, 4.69) is 16.4 Å². The first-order valence-electron chi connectivity index (χ1n) is 12.7. The highest BCUT2D eigenvalue weighted by Crippen LogP contribution is 2.33. The zero-order chi connectivity index (χ0) is 26.6. The molecule has 1 aliphatic heterocycles. The molecular weight excluding hydrogens is 500 g/mol. The Kier molecular flexibility index (Phi) is 5.92. The van der Waals surface area contributed by atoms with Crippen LogP contribution in [0.25, 0.3) is 10.9 Å². The Hall–Kier alpha value is -4.16. The first-order chi connectivity index (χ1) is 18.3. The van der Waals surface area contributed by atoms with Gasteiger partial charge in [0.25, 0.3) is 0 Å². The van der Waals surface area contributed by atoms with E-state index < -0.39 is 0 Å². The van der Waals surface area contributed by atoms with Crippen LogP contribution in [-0.2, 0) is 26.7 Å². The van der Waals surface area contributed by atoms with Crippen LogP contribution in [0.2, 0.25) is 5.02 Å². The van der Waals surface area contributed by atoms with Crippen LogP contribution in [0.3, 0.4) is 0 Å². The average Bonchev–Trinajstić information content (AvgIpc) is 3.53. The first-order valence-corrected chi connectivity index (χ1v) is 13.1. The predicted molar refractivity (Wildman–Crippen MR) is 147 cm³/mol. The predicted octanol–water partition coefficient (Wildman–Crippen LogP) is 3.39. The van der Waals surface area contributed by atoms with Gasteiger partial charge in [0.15, 0.2) is 5.82 Å². The summed E-state index contributed by atoms with van der Waals surface area (Å²) in [6, 6.07) is 11.6. The summed E-state index contributed by atoms with van der Waals surface area (Å²) in [7, 11) is 1.88. The molecule has 0 radical (unpaired) electrons. The molecule has 1 atom stereocenters. The van der Waals surface area contributed by atoms with Crippen LogP contribution in [0.5, 0.6) is 0 Å². The molecule has 0 spiro atoms. The number of hydrogen-bond donors (Lipinski definition) is 2. The number of nitrogen functional groups attached to an aromatic ring is 1. The van der Waals surface area contributed by atoms with E-state index >= 15 is 0 Å². The van der Waals surface area contributed by atoms with E-state index in [4.69, 9.17) is 22.3 Å². The van der Waals surface area contributed by atoms with Crippen molar-refractivity contribution < 1.29 is 4.57 Å². The summed E-state index contributed by atoms with van der Waals surface area (Å²) in [5.41, 5.74) is 11.1. The van der Waals surface area contributed by atoms with E-state index in [1.165, 1.54) is 0 Å². The number of anilines is 2. The number of halogens is 1. The van der Waals surface area contributed by atoms with Gasteiger partial charge >= 0.3 is 5.69 Å². The number of nitrogens with two attached hydrogens (primary N) is 1. The molecule has 192 valence electrons. The average molecular weight is 528 g/mol. The van der Waals surface area contributed by atoms with Gasteiger partial charge in [-0.3, -0.25) is 15.3 Å². The fourth-order valence-corrected chi connectivity index (χ4v) is 5.38. The molecule has 0 bridgehead atoms. The minimum absolute atomic E-state index is 0.0632. The Morgan fingerprint density at radius 2 is 2.16 bits per heavy atom. The lowest BCUT2D eigenvalue weighted by Crippen LogP contribution is -2.55. The van der Waals surface area contributed by atoms with Gasteiger partial charge in [-0.05, 0) is 61.6 Å². The van der Waals surface area contributed by atoms with Gasteiger partial charge in [-0.15, -0.1) is 0 Å². The number of pyridine rings is 1. The summed E-state index contributed by atoms with van der Waals surface area (Å²) in [5, 5.41) is 14.6. The number of aliphatic imine (C=N–C) groups is 1. The monoisotopic (exact) mass is 527 g/mol. The van der Waals surface area contributed by atoms with Crippen LogP contribution in [0.4, 0.5) is 11.6 Å². The zero-order valence-electron chi connectivity index (χ0n) is 21.3. The van der Waals surface area contributed by atoms with E-state index in [-0.39, 0.29) is 11.7 Å². The number of nitrogens with zero attached hydrogens (tertiary/aromatic N) is 6. The van der Waals surface area contributed by atoms with Gasteiger partial charge in [-0.2, -0.15) is 9.83 Å². The molecule has 3 N–H and O–H groups in total. The number of rotatable bonds is 6. The van der Waals surface area contributed by atoms with Gasteiger partial charge in [0.2, 0.25) is 5.82 Å². The number of aromatic nitrogens is 4. The van der Waals surface area contributed by atoms with Crippen molar-refractivity contribution in [3.63, 3.8) is 0 Å². The SMILES string of the molecule is CC1C[n+]2c(c(C(=NCc3ccnc4ccc(Cl)cc34)c3cc(C#N)cn3C)c(N)n(CC3CC3)c2=O)N1. The lowest BCUT2D eigenvalue weighted by atomic mass is 10.1. The van der Waals surface area contributed by atoms with Crippen LogP contribution in [0, 0.1) is 17.2 Å². The van der Waals surface area contributed by atoms with Gasteiger partial charge in [0.1, 0.15) is 29.9 Å². The number of nitrogens with one attached hydrogen (secondary N) is 1. The normalized spacial score (nSPS) is 16.9. The van der Waals surface area contributed by atoms with Crippen molar-refractivity contribution >= 4 is 39.9 Å². The lowest BCUT2D eigenvalue weighted by molar-refractivity contribution is -0.692. The molecule has 1 saturated carbocycles. The Morgan fingerprint density at radius 3 is 2.89 bits per heavy atom. The molecule has 1 aliphatic carbocycles. The molecule has 1 aromatic carbocycles. The molecule has 0 saturated heterocycles. The molecule has 2 aliphatic rings. The zero-order valence-corrected chi connectivity index (χ0v) is 22.0. The van der Waals surface area contributed by atoms with Crippen LogP contribution in [0.1, 0.15) is 42.1 Å². The molecule has 9 nitrogen and oxygen atoms in total. The van der Waals surface area contributed by atoms with Crippen molar-refractivity contribution in [3.8, 4) is 6.07 Å². The van der Waals surface area contributed by atoms with Gasteiger partial charge in [0.05, 0.1) is 29.9 Å². The van der Waals surface area contributed by atoms with E-state index in [9.17, 15) is 10.1 Å². The molecule has 4 heterocycles. The number of nitriles is 1. The van der Waals surface area contributed by atoms with Crippen LogP contribution in [-0.4, -0.2) is 25.9 Å². The number of benzene rings is 1. The highest BCUT2D eigenvalue weighted by Gasteiger charge is 2.37. The summed E-state index contributed by atoms with van der Waals surface area (Å²) < 4.78 is 5.34. The summed E-state index contributed by atoms with van der Waals surface area (Å²) in [6.07, 6.45) is 5.73. The number of aryl methyl sites for hydroxylation is 1. The Balaban J connectivity index is 1.58. The summed E-state index contributed by atoms with van der Waals surface area (Å²) in [4.78, 5) is 23.1. The van der Waals surface area contributed by atoms with Gasteiger partial charge in [-0.1, -0.05) is 11.6 Å². The smallest absolute Gasteiger partial charge is 0.372 e. The Labute approximate surface area is 224 Å². The Morgan fingerprint density at radius 1 is 1.34 bits per heavy atom. The van der Waals surface area contributed by atoms with Gasteiger partial charge in [0, 0.05) is 29.9 Å². The minimum atomic E-state index is -0.108. The van der Waals surface area contributed by atoms with Gasteiger partial charge in [-0.25, -0.2) is 9.36 Å². The second kappa shape index (κ2) is 9.30. The van der Waals surface area contributed by atoms with Crippen molar-refractivity contribution in [2.45, 2.75) is 45.4 Å². The first kappa shape index (κ1) is 24.2. The van der Waals surface area contributed by atoms with E-state index in [0.717, 1.165) is 35.0 Å². The second-order valence-corrected chi connectivity index (χ2v) is 10.7. The molecule has 10 heteroatoms. The largest absolute Gasteiger partial charge is 0.445 e. The second-order valence-electron chi connectivity index (χ2n) is 10.2. The van der Waals surface area contributed by atoms with Crippen molar-refractivity contribution in [3.05, 3.63) is 80.6 Å². The standard InChI is InChI=1S/C28H27ClN8O/c1-16-13-37-27(34-16)24(26(31)36(28(37)38)15-17-3-4-17)25(23-9-18(11-30)14-35(23)2)33-12-19-7-8-32-22-6-5-20(29)10-21(19)22/h5-10,14,16-17H,3-4,12-13,15H2,1-2H3,(H2,31,33,34)/p+1. The maximum Gasteiger partial charge on any atom is 0.445 e. The maximum absolute atomic E-state index is 13.5. The fourth-order valence-electron chi connectivity index (χ4n) is 5.20. The van der Waals surface area contributed by atoms with Crippen molar-refractivity contribution in [1.82, 2.24) is 14.1 Å². The maximum atomic E-state index is 13.5. The van der Waals surface area contributed by atoms with Crippen LogP contribution >= 0.6 is 11.6 Å². The van der Waals surface area contributed by atoms with Crippen LogP contribution in [0.15, 0.2) is 52.5 Å². The van der Waals surface area contributed by atoms with E-state index in [1.54, 1.807) is 21.5 Å². The molecular formula is C28H28ClN8O+. The molecule has 6 rings (SSSR count). The van der Waals surface area contributed by atoms with E-state index in [1.807, 2.05) is 48.9 Å². The number of fused-ring (bicyclic) bond motifs is 2. The fraction of sp³-hybridized carbons (Fsp3) is 0.321. The summed E-state index contributed by atoms with van der Waals surface area (Å²) in [5.74, 6) is 1.51. The lowest BCUT2D eigenvalue weighted by Gasteiger charge is -2.16. The highest BCUT2D eigenvalue weighted by molar-refractivity contribution is 6.31. The van der Waals surface area contributed by atoms with Crippen molar-refractivity contribution in [2.24, 2.45) is 18.0 Å². The molecule has 0 amide bonds. The molecule has 4 aromatic rings. The molecule has 1 unspecified atom stereocenters. The molecule has 3 aromatic heterocycles. The summed E-state index contributed by atoms with van der Waals surface area (Å²) in [6.45, 7) is 3.50. The Bertz CT molecular complexity index is 1720. The topological polar surface area (TPSA) is 118 Å². The summed E-state index contributed by atoms with van der Waals surface area (Å²) >= 11 is 6.30. The third kappa shape index (κ3) is 4.21. The highest BCUT2D eigenvalue weighted by atomic mass is 35.5. The van der Waals surface area contributed by atoms with E-state index in [0.29, 0.717) is 59.0 Å². The third-order valence-electron chi connectivity index (χ3n) is 7.31. The third-order valence-corrected chi connectivity index (χ3v) is 7.54. The minimum Gasteiger partial charge on any atom is -0.372 e. The van der Waals surface area contributed by atoms with Crippen molar-refractivity contribution in [1.29, 1.82) is 5.26 Å².